The molecule has 0 radical (unpaired) electrons. The highest BCUT2D eigenvalue weighted by Gasteiger charge is 2.37. The van der Waals surface area contributed by atoms with Crippen LogP contribution in [-0.4, -0.2) is 56.5 Å². The highest BCUT2D eigenvalue weighted by atomic mass is 35.5. The number of rotatable bonds is 3. The van der Waals surface area contributed by atoms with Gasteiger partial charge in [-0.2, -0.15) is 4.31 Å². The number of halogens is 1. The van der Waals surface area contributed by atoms with Crippen LogP contribution in [0.25, 0.3) is 0 Å². The Hall–Kier alpha value is -1.62. The molecule has 2 aliphatic rings. The quantitative estimate of drug-likeness (QED) is 0.609. The predicted molar refractivity (Wildman–Crippen MR) is 87.6 cm³/mol. The van der Waals surface area contributed by atoms with Crippen molar-refractivity contribution in [2.75, 3.05) is 32.8 Å². The van der Waals surface area contributed by atoms with Crippen LogP contribution < -0.4 is 14.8 Å². The number of ether oxygens (including phenoxy) is 2. The zero-order valence-corrected chi connectivity index (χ0v) is 14.6. The van der Waals surface area contributed by atoms with E-state index in [1.54, 1.807) is 6.92 Å². The molecule has 1 N–H and O–H groups in total. The topological polar surface area (TPSA) is 111 Å². The summed E-state index contributed by atoms with van der Waals surface area (Å²) in [5.74, 6) is 0.401. The molecule has 0 aliphatic carbocycles. The summed E-state index contributed by atoms with van der Waals surface area (Å²) in [4.78, 5) is 10.3. The third-order valence-electron chi connectivity index (χ3n) is 3.85. The van der Waals surface area contributed by atoms with Gasteiger partial charge in [-0.1, -0.05) is 0 Å². The van der Waals surface area contributed by atoms with E-state index in [2.05, 4.69) is 5.32 Å². The number of nitro groups is 1. The van der Waals surface area contributed by atoms with Gasteiger partial charge in [0.25, 0.3) is 5.69 Å². The molecule has 1 aromatic rings. The molecule has 0 bridgehead atoms. The third kappa shape index (κ3) is 3.27. The Morgan fingerprint density at radius 2 is 1.92 bits per heavy atom. The summed E-state index contributed by atoms with van der Waals surface area (Å²) in [6.45, 7) is 3.56. The Kier molecular flexibility index (Phi) is 5.53. The van der Waals surface area contributed by atoms with Gasteiger partial charge >= 0.3 is 0 Å². The van der Waals surface area contributed by atoms with Gasteiger partial charge in [0.15, 0.2) is 16.4 Å². The second-order valence-electron chi connectivity index (χ2n) is 5.39. The van der Waals surface area contributed by atoms with Gasteiger partial charge in [0.2, 0.25) is 10.0 Å². The van der Waals surface area contributed by atoms with Crippen LogP contribution in [0.2, 0.25) is 0 Å². The summed E-state index contributed by atoms with van der Waals surface area (Å²) in [6, 6.07) is 2.02. The van der Waals surface area contributed by atoms with Gasteiger partial charge in [-0.05, 0) is 6.92 Å². The average molecular weight is 380 g/mol. The Labute approximate surface area is 145 Å². The second-order valence-corrected chi connectivity index (χ2v) is 7.25. The molecular formula is C13H18ClN3O6S. The molecule has 0 spiro atoms. The number of sulfonamides is 1. The summed E-state index contributed by atoms with van der Waals surface area (Å²) in [5.41, 5.74) is -0.500. The molecule has 3 rings (SSSR count). The third-order valence-corrected chi connectivity index (χ3v) is 5.89. The van der Waals surface area contributed by atoms with E-state index in [-0.39, 0.29) is 54.6 Å². The van der Waals surface area contributed by atoms with Crippen molar-refractivity contribution in [3.05, 3.63) is 22.2 Å². The van der Waals surface area contributed by atoms with Crippen molar-refractivity contribution < 1.29 is 22.8 Å². The lowest BCUT2D eigenvalue weighted by Crippen LogP contribution is -2.52. The number of nitrogens with zero attached hydrogens (tertiary/aromatic N) is 2. The zero-order chi connectivity index (χ0) is 16.6. The van der Waals surface area contributed by atoms with E-state index in [9.17, 15) is 18.5 Å². The Bertz CT molecular complexity index is 741. The fourth-order valence-electron chi connectivity index (χ4n) is 2.71. The van der Waals surface area contributed by atoms with E-state index in [4.69, 9.17) is 9.47 Å². The van der Waals surface area contributed by atoms with Gasteiger partial charge in [-0.25, -0.2) is 8.42 Å². The van der Waals surface area contributed by atoms with Gasteiger partial charge in [0, 0.05) is 31.7 Å². The highest BCUT2D eigenvalue weighted by Crippen LogP contribution is 2.39. The van der Waals surface area contributed by atoms with Crippen molar-refractivity contribution >= 4 is 28.1 Å². The summed E-state index contributed by atoms with van der Waals surface area (Å²) in [7, 11) is -4.00. The average Bonchev–Trinajstić information content (AvgIpc) is 2.53. The van der Waals surface area contributed by atoms with Crippen LogP contribution in [0.4, 0.5) is 5.69 Å². The van der Waals surface area contributed by atoms with E-state index < -0.39 is 20.6 Å². The number of nitro benzene ring substituents is 1. The van der Waals surface area contributed by atoms with Crippen molar-refractivity contribution in [3.8, 4) is 11.5 Å². The monoisotopic (exact) mass is 379 g/mol. The molecule has 1 saturated heterocycles. The summed E-state index contributed by atoms with van der Waals surface area (Å²) < 4.78 is 37.8. The van der Waals surface area contributed by atoms with Gasteiger partial charge in [0.1, 0.15) is 13.2 Å². The lowest BCUT2D eigenvalue weighted by Gasteiger charge is -2.32. The van der Waals surface area contributed by atoms with Crippen molar-refractivity contribution in [1.82, 2.24) is 9.62 Å². The molecule has 1 fully saturated rings. The van der Waals surface area contributed by atoms with Crippen molar-refractivity contribution in [3.63, 3.8) is 0 Å². The molecule has 1 atom stereocenters. The van der Waals surface area contributed by atoms with Crippen LogP contribution in [0.1, 0.15) is 6.92 Å². The van der Waals surface area contributed by atoms with Crippen LogP contribution >= 0.6 is 12.4 Å². The number of hydrogen-bond acceptors (Lipinski definition) is 7. The molecule has 2 aliphatic heterocycles. The Morgan fingerprint density at radius 1 is 1.29 bits per heavy atom. The minimum absolute atomic E-state index is 0. The van der Waals surface area contributed by atoms with E-state index >= 15 is 0 Å². The number of benzene rings is 1. The fraction of sp³-hybridized carbons (Fsp3) is 0.538. The molecule has 0 amide bonds. The molecule has 2 heterocycles. The number of fused-ring (bicyclic) bond motifs is 1. The number of piperazine rings is 1. The molecule has 11 heteroatoms. The van der Waals surface area contributed by atoms with Crippen molar-refractivity contribution in [1.29, 1.82) is 0 Å². The SMILES string of the molecule is CC1CNCCN1S(=O)(=O)c1cc2c(cc1[N+](=O)[O-])OCCO2.Cl. The molecule has 1 aromatic carbocycles. The summed E-state index contributed by atoms with van der Waals surface area (Å²) in [6.07, 6.45) is 0. The first kappa shape index (κ1) is 18.7. The standard InChI is InChI=1S/C13H17N3O6S.ClH/c1-9-8-14-2-3-15(9)23(19,20)13-7-12-11(21-4-5-22-12)6-10(13)16(17)18;/h6-7,9,14H,2-5,8H2,1H3;1H. The second kappa shape index (κ2) is 7.09. The lowest BCUT2D eigenvalue weighted by atomic mass is 10.2. The van der Waals surface area contributed by atoms with E-state index in [1.807, 2.05) is 0 Å². The van der Waals surface area contributed by atoms with Gasteiger partial charge in [-0.3, -0.25) is 10.1 Å². The first-order valence-corrected chi connectivity index (χ1v) is 8.66. The Balaban J connectivity index is 0.00000208. The first-order chi connectivity index (χ1) is 10.9. The summed E-state index contributed by atoms with van der Waals surface area (Å²) >= 11 is 0. The van der Waals surface area contributed by atoms with Crippen LogP contribution in [-0.2, 0) is 10.0 Å². The first-order valence-electron chi connectivity index (χ1n) is 7.22. The van der Waals surface area contributed by atoms with Crippen LogP contribution in [0, 0.1) is 10.1 Å². The van der Waals surface area contributed by atoms with Crippen molar-refractivity contribution in [2.45, 2.75) is 17.9 Å². The number of hydrogen-bond donors (Lipinski definition) is 1. The van der Waals surface area contributed by atoms with Gasteiger partial charge in [-0.15, -0.1) is 12.4 Å². The summed E-state index contributed by atoms with van der Waals surface area (Å²) in [5, 5.41) is 14.4. The van der Waals surface area contributed by atoms with Crippen LogP contribution in [0.15, 0.2) is 17.0 Å². The maximum absolute atomic E-state index is 12.9. The van der Waals surface area contributed by atoms with E-state index in [0.717, 1.165) is 6.07 Å². The maximum atomic E-state index is 12.9. The molecule has 24 heavy (non-hydrogen) atoms. The van der Waals surface area contributed by atoms with Gasteiger partial charge in [0.05, 0.1) is 11.0 Å². The molecule has 9 nitrogen and oxygen atoms in total. The lowest BCUT2D eigenvalue weighted by molar-refractivity contribution is -0.388. The normalized spacial score (nSPS) is 21.0. The van der Waals surface area contributed by atoms with Gasteiger partial charge < -0.3 is 14.8 Å². The predicted octanol–water partition coefficient (Wildman–Crippen LogP) is 0.770. The minimum Gasteiger partial charge on any atom is -0.486 e. The minimum atomic E-state index is -4.00. The smallest absolute Gasteiger partial charge is 0.293 e. The molecule has 1 unspecified atom stereocenters. The molecule has 0 aromatic heterocycles. The Morgan fingerprint density at radius 3 is 2.50 bits per heavy atom. The molecule has 134 valence electrons. The van der Waals surface area contributed by atoms with Crippen LogP contribution in [0.3, 0.4) is 0 Å². The number of nitrogens with one attached hydrogen (secondary N) is 1. The molecular weight excluding hydrogens is 362 g/mol. The zero-order valence-electron chi connectivity index (χ0n) is 12.9. The van der Waals surface area contributed by atoms with E-state index in [1.165, 1.54) is 10.4 Å². The molecule has 0 saturated carbocycles. The maximum Gasteiger partial charge on any atom is 0.293 e. The highest BCUT2D eigenvalue weighted by molar-refractivity contribution is 7.89. The largest absolute Gasteiger partial charge is 0.486 e. The van der Waals surface area contributed by atoms with Crippen LogP contribution in [0.5, 0.6) is 11.5 Å². The van der Waals surface area contributed by atoms with Crippen molar-refractivity contribution in [2.24, 2.45) is 0 Å². The fourth-order valence-corrected chi connectivity index (χ4v) is 4.50. The van der Waals surface area contributed by atoms with E-state index in [0.29, 0.717) is 13.1 Å².